The fourth-order valence-corrected chi connectivity index (χ4v) is 1.49. The van der Waals surface area contributed by atoms with Crippen LogP contribution in [0.2, 0.25) is 0 Å². The van der Waals surface area contributed by atoms with Crippen LogP contribution < -0.4 is 5.32 Å². The molecule has 14 heavy (non-hydrogen) atoms. The van der Waals surface area contributed by atoms with Crippen molar-refractivity contribution in [1.29, 1.82) is 0 Å². The topological polar surface area (TPSA) is 41.6 Å². The van der Waals surface area contributed by atoms with Gasteiger partial charge in [-0.05, 0) is 13.3 Å². The summed E-state index contributed by atoms with van der Waals surface area (Å²) in [6.07, 6.45) is 1.85. The third-order valence-electron chi connectivity index (χ3n) is 2.35. The van der Waals surface area contributed by atoms with Crippen molar-refractivity contribution in [3.8, 4) is 0 Å². The number of nitrogens with one attached hydrogen (secondary N) is 1. The van der Waals surface area contributed by atoms with Gasteiger partial charge in [-0.2, -0.15) is 0 Å². The summed E-state index contributed by atoms with van der Waals surface area (Å²) < 4.78 is 5.13. The first-order chi connectivity index (χ1) is 6.74. The molecule has 1 amide bonds. The Morgan fingerprint density at radius 2 is 2.43 bits per heavy atom. The van der Waals surface area contributed by atoms with E-state index in [-0.39, 0.29) is 6.09 Å². The molecule has 0 spiro atoms. The molecule has 0 saturated carbocycles. The zero-order valence-corrected chi connectivity index (χ0v) is 9.08. The number of amides is 1. The largest absolute Gasteiger partial charge is 0.449 e. The van der Waals surface area contributed by atoms with Gasteiger partial charge in [0, 0.05) is 25.7 Å². The zero-order valence-electron chi connectivity index (χ0n) is 9.08. The molecule has 0 aromatic heterocycles. The van der Waals surface area contributed by atoms with E-state index in [0.29, 0.717) is 12.6 Å². The second-order valence-corrected chi connectivity index (χ2v) is 3.77. The number of nitrogens with zero attached hydrogens (tertiary/aromatic N) is 1. The van der Waals surface area contributed by atoms with Gasteiger partial charge < -0.3 is 15.0 Å². The van der Waals surface area contributed by atoms with Crippen molar-refractivity contribution in [3.05, 3.63) is 0 Å². The second kappa shape index (κ2) is 5.86. The minimum atomic E-state index is -0.160. The number of carbonyl (C=O) groups is 1. The van der Waals surface area contributed by atoms with Gasteiger partial charge in [0.25, 0.3) is 0 Å². The molecular formula is C10H20N2O2. The summed E-state index contributed by atoms with van der Waals surface area (Å²) >= 11 is 0. The molecule has 1 unspecified atom stereocenters. The van der Waals surface area contributed by atoms with E-state index in [9.17, 15) is 4.79 Å². The summed E-state index contributed by atoms with van der Waals surface area (Å²) in [5.41, 5.74) is 0. The first-order valence-electron chi connectivity index (χ1n) is 5.39. The Balaban J connectivity index is 2.22. The maximum atomic E-state index is 11.5. The lowest BCUT2D eigenvalue weighted by Gasteiger charge is -2.31. The normalized spacial score (nSPS) is 22.1. The van der Waals surface area contributed by atoms with Crippen molar-refractivity contribution in [2.45, 2.75) is 32.7 Å². The van der Waals surface area contributed by atoms with Gasteiger partial charge in [-0.25, -0.2) is 4.79 Å². The second-order valence-electron chi connectivity index (χ2n) is 3.77. The SMILES string of the molecule is CCCCOC(=O)N1CCNC(C)C1. The summed E-state index contributed by atoms with van der Waals surface area (Å²) in [6, 6.07) is 0.377. The molecule has 1 fully saturated rings. The number of hydrogen-bond acceptors (Lipinski definition) is 3. The highest BCUT2D eigenvalue weighted by atomic mass is 16.6. The maximum absolute atomic E-state index is 11.5. The molecule has 0 radical (unpaired) electrons. The predicted octanol–water partition coefficient (Wildman–Crippen LogP) is 1.22. The van der Waals surface area contributed by atoms with Crippen molar-refractivity contribution >= 4 is 6.09 Å². The Morgan fingerprint density at radius 1 is 1.64 bits per heavy atom. The standard InChI is InChI=1S/C10H20N2O2/c1-3-4-7-14-10(13)12-6-5-11-9(2)8-12/h9,11H,3-8H2,1-2H3. The fraction of sp³-hybridized carbons (Fsp3) is 0.900. The Labute approximate surface area is 85.6 Å². The lowest BCUT2D eigenvalue weighted by molar-refractivity contribution is 0.0908. The molecule has 0 aromatic carbocycles. The molecule has 0 bridgehead atoms. The molecule has 1 aliphatic heterocycles. The predicted molar refractivity (Wildman–Crippen MR) is 55.3 cm³/mol. The highest BCUT2D eigenvalue weighted by Gasteiger charge is 2.20. The Morgan fingerprint density at radius 3 is 3.07 bits per heavy atom. The van der Waals surface area contributed by atoms with E-state index in [2.05, 4.69) is 19.2 Å². The van der Waals surface area contributed by atoms with E-state index in [1.807, 2.05) is 0 Å². The van der Waals surface area contributed by atoms with E-state index in [4.69, 9.17) is 4.74 Å². The Kier molecular flexibility index (Phi) is 4.73. The van der Waals surface area contributed by atoms with Crippen LogP contribution in [0.3, 0.4) is 0 Å². The lowest BCUT2D eigenvalue weighted by Crippen LogP contribution is -2.51. The van der Waals surface area contributed by atoms with E-state index in [1.165, 1.54) is 0 Å². The number of rotatable bonds is 3. The van der Waals surface area contributed by atoms with Gasteiger partial charge >= 0.3 is 6.09 Å². The molecule has 1 N–H and O–H groups in total. The van der Waals surface area contributed by atoms with Crippen molar-refractivity contribution in [3.63, 3.8) is 0 Å². The molecule has 1 heterocycles. The van der Waals surface area contributed by atoms with Crippen LogP contribution in [0, 0.1) is 0 Å². The van der Waals surface area contributed by atoms with E-state index >= 15 is 0 Å². The summed E-state index contributed by atoms with van der Waals surface area (Å²) in [7, 11) is 0. The number of piperazine rings is 1. The van der Waals surface area contributed by atoms with E-state index in [1.54, 1.807) is 4.90 Å². The first-order valence-corrected chi connectivity index (χ1v) is 5.39. The summed E-state index contributed by atoms with van der Waals surface area (Å²) in [5.74, 6) is 0. The molecule has 1 aliphatic rings. The molecule has 1 saturated heterocycles. The van der Waals surface area contributed by atoms with Crippen LogP contribution in [-0.4, -0.2) is 43.3 Å². The quantitative estimate of drug-likeness (QED) is 0.696. The monoisotopic (exact) mass is 200 g/mol. The Bertz CT molecular complexity index is 185. The van der Waals surface area contributed by atoms with Crippen LogP contribution >= 0.6 is 0 Å². The molecule has 0 aliphatic carbocycles. The van der Waals surface area contributed by atoms with Gasteiger partial charge in [-0.15, -0.1) is 0 Å². The van der Waals surface area contributed by atoms with Gasteiger partial charge in [0.2, 0.25) is 0 Å². The maximum Gasteiger partial charge on any atom is 0.409 e. The summed E-state index contributed by atoms with van der Waals surface area (Å²) in [6.45, 7) is 7.09. The van der Waals surface area contributed by atoms with Crippen LogP contribution in [0.5, 0.6) is 0 Å². The third kappa shape index (κ3) is 3.54. The number of carbonyl (C=O) groups excluding carboxylic acids is 1. The number of unbranched alkanes of at least 4 members (excludes halogenated alkanes) is 1. The molecular weight excluding hydrogens is 180 g/mol. The highest BCUT2D eigenvalue weighted by Crippen LogP contribution is 2.02. The van der Waals surface area contributed by atoms with Gasteiger partial charge in [-0.1, -0.05) is 13.3 Å². The third-order valence-corrected chi connectivity index (χ3v) is 2.35. The van der Waals surface area contributed by atoms with Crippen molar-refractivity contribution in [1.82, 2.24) is 10.2 Å². The summed E-state index contributed by atoms with van der Waals surface area (Å²) in [5, 5.41) is 3.28. The Hall–Kier alpha value is -0.770. The van der Waals surface area contributed by atoms with E-state index < -0.39 is 0 Å². The number of ether oxygens (including phenoxy) is 1. The zero-order chi connectivity index (χ0) is 10.4. The minimum Gasteiger partial charge on any atom is -0.449 e. The number of hydrogen-bond donors (Lipinski definition) is 1. The van der Waals surface area contributed by atoms with Crippen molar-refractivity contribution < 1.29 is 9.53 Å². The molecule has 1 atom stereocenters. The van der Waals surface area contributed by atoms with Crippen LogP contribution in [-0.2, 0) is 4.74 Å². The van der Waals surface area contributed by atoms with Gasteiger partial charge in [0.05, 0.1) is 6.61 Å². The van der Waals surface area contributed by atoms with E-state index in [0.717, 1.165) is 32.5 Å². The van der Waals surface area contributed by atoms with Crippen molar-refractivity contribution in [2.24, 2.45) is 0 Å². The van der Waals surface area contributed by atoms with Crippen LogP contribution in [0.4, 0.5) is 4.79 Å². The molecule has 0 aromatic rings. The fourth-order valence-electron chi connectivity index (χ4n) is 1.49. The van der Waals surface area contributed by atoms with Crippen molar-refractivity contribution in [2.75, 3.05) is 26.2 Å². The molecule has 4 nitrogen and oxygen atoms in total. The summed E-state index contributed by atoms with van der Waals surface area (Å²) in [4.78, 5) is 13.3. The molecule has 82 valence electrons. The van der Waals surface area contributed by atoms with Crippen LogP contribution in [0.1, 0.15) is 26.7 Å². The highest BCUT2D eigenvalue weighted by molar-refractivity contribution is 5.67. The van der Waals surface area contributed by atoms with Crippen LogP contribution in [0.25, 0.3) is 0 Å². The average Bonchev–Trinajstić information content (AvgIpc) is 2.18. The molecule has 4 heteroatoms. The van der Waals surface area contributed by atoms with Gasteiger partial charge in [0.1, 0.15) is 0 Å². The minimum absolute atomic E-state index is 0.160. The van der Waals surface area contributed by atoms with Gasteiger partial charge in [-0.3, -0.25) is 0 Å². The van der Waals surface area contributed by atoms with Crippen LogP contribution in [0.15, 0.2) is 0 Å². The van der Waals surface area contributed by atoms with Gasteiger partial charge in [0.15, 0.2) is 0 Å². The first kappa shape index (κ1) is 11.3. The average molecular weight is 200 g/mol. The lowest BCUT2D eigenvalue weighted by atomic mass is 10.2. The smallest absolute Gasteiger partial charge is 0.409 e. The molecule has 1 rings (SSSR count).